The van der Waals surface area contributed by atoms with Crippen LogP contribution in [0.1, 0.15) is 47.2 Å². The minimum atomic E-state index is -4.72. The lowest BCUT2D eigenvalue weighted by Gasteiger charge is -2.12. The van der Waals surface area contributed by atoms with Crippen LogP contribution in [-0.4, -0.2) is 12.1 Å². The van der Waals surface area contributed by atoms with Gasteiger partial charge in [0.05, 0.1) is 0 Å². The van der Waals surface area contributed by atoms with E-state index in [1.807, 2.05) is 12.1 Å². The van der Waals surface area contributed by atoms with Crippen molar-refractivity contribution >= 4 is 17.4 Å². The van der Waals surface area contributed by atoms with Gasteiger partial charge in [0, 0.05) is 5.56 Å². The number of hydrogen-bond acceptors (Lipinski definition) is 2. The first-order valence-electron chi connectivity index (χ1n) is 8.78. The number of halogens is 3. The van der Waals surface area contributed by atoms with Crippen molar-refractivity contribution in [3.8, 4) is 5.75 Å². The zero-order valence-corrected chi connectivity index (χ0v) is 14.6. The predicted octanol–water partition coefficient (Wildman–Crippen LogP) is 6.44. The van der Waals surface area contributed by atoms with Gasteiger partial charge >= 0.3 is 6.36 Å². The molecule has 0 spiro atoms. The molecule has 0 heterocycles. The summed E-state index contributed by atoms with van der Waals surface area (Å²) in [5.41, 5.74) is 3.66. The molecule has 0 fully saturated rings. The molecule has 0 amide bonds. The molecule has 0 aliphatic heterocycles. The second kappa shape index (κ2) is 8.25. The van der Waals surface area contributed by atoms with Gasteiger partial charge in [-0.2, -0.15) is 0 Å². The first-order chi connectivity index (χ1) is 12.9. The van der Waals surface area contributed by atoms with E-state index in [0.29, 0.717) is 11.1 Å². The molecule has 27 heavy (non-hydrogen) atoms. The molecular formula is C22H19F3O2. The van der Waals surface area contributed by atoms with Crippen molar-refractivity contribution in [2.45, 2.75) is 32.0 Å². The van der Waals surface area contributed by atoms with Gasteiger partial charge in [0.1, 0.15) is 5.75 Å². The number of allylic oxidation sites excluding steroid dienone is 3. The quantitative estimate of drug-likeness (QED) is 0.446. The number of carbonyl (C=O) groups excluding carboxylic acids is 1. The average Bonchev–Trinajstić information content (AvgIpc) is 2.67. The fourth-order valence-corrected chi connectivity index (χ4v) is 3.00. The van der Waals surface area contributed by atoms with Gasteiger partial charge in [-0.25, -0.2) is 0 Å². The summed E-state index contributed by atoms with van der Waals surface area (Å²) in [5, 5.41) is 0. The zero-order valence-electron chi connectivity index (χ0n) is 14.6. The molecule has 2 nitrogen and oxygen atoms in total. The summed E-state index contributed by atoms with van der Waals surface area (Å²) in [6.07, 6.45) is 5.12. The Morgan fingerprint density at radius 1 is 0.963 bits per heavy atom. The number of alkyl halides is 3. The van der Waals surface area contributed by atoms with Gasteiger partial charge < -0.3 is 4.74 Å². The molecule has 3 rings (SSSR count). The Labute approximate surface area is 156 Å². The highest BCUT2D eigenvalue weighted by molar-refractivity contribution is 6.06. The third-order valence-electron chi connectivity index (χ3n) is 4.37. The van der Waals surface area contributed by atoms with Crippen molar-refractivity contribution in [3.63, 3.8) is 0 Å². The van der Waals surface area contributed by atoms with Gasteiger partial charge in [-0.15, -0.1) is 13.2 Å². The number of carbonyl (C=O) groups is 1. The molecule has 0 N–H and O–H groups in total. The highest BCUT2D eigenvalue weighted by Gasteiger charge is 2.30. The number of hydrogen-bond donors (Lipinski definition) is 0. The maximum Gasteiger partial charge on any atom is 0.573 e. The normalized spacial score (nSPS) is 14.9. The molecule has 2 aromatic rings. The molecular weight excluding hydrogens is 353 g/mol. The summed E-state index contributed by atoms with van der Waals surface area (Å²) in [4.78, 5) is 12.3. The lowest BCUT2D eigenvalue weighted by molar-refractivity contribution is -0.274. The van der Waals surface area contributed by atoms with Crippen molar-refractivity contribution in [2.24, 2.45) is 0 Å². The van der Waals surface area contributed by atoms with Crippen LogP contribution in [0.5, 0.6) is 5.75 Å². The molecule has 0 radical (unpaired) electrons. The van der Waals surface area contributed by atoms with Crippen molar-refractivity contribution < 1.29 is 22.7 Å². The summed E-state index contributed by atoms with van der Waals surface area (Å²) >= 11 is 0. The van der Waals surface area contributed by atoms with Crippen LogP contribution >= 0.6 is 0 Å². The number of ketones is 1. The maximum absolute atomic E-state index is 12.3. The molecule has 140 valence electrons. The van der Waals surface area contributed by atoms with Crippen LogP contribution in [-0.2, 0) is 0 Å². The Morgan fingerprint density at radius 3 is 2.26 bits per heavy atom. The monoisotopic (exact) mass is 372 g/mol. The van der Waals surface area contributed by atoms with Crippen LogP contribution in [0.2, 0.25) is 0 Å². The summed E-state index contributed by atoms with van der Waals surface area (Å²) in [6.45, 7) is 0. The summed E-state index contributed by atoms with van der Waals surface area (Å²) in [7, 11) is 0. The smallest absolute Gasteiger partial charge is 0.406 e. The van der Waals surface area contributed by atoms with Crippen LogP contribution in [0, 0.1) is 0 Å². The van der Waals surface area contributed by atoms with Crippen LogP contribution in [0.4, 0.5) is 13.2 Å². The minimum absolute atomic E-state index is 0.158. The topological polar surface area (TPSA) is 26.3 Å². The van der Waals surface area contributed by atoms with Gasteiger partial charge in [-0.05, 0) is 60.6 Å². The zero-order chi connectivity index (χ0) is 19.3. The van der Waals surface area contributed by atoms with E-state index in [4.69, 9.17) is 0 Å². The van der Waals surface area contributed by atoms with Crippen LogP contribution < -0.4 is 4.74 Å². The van der Waals surface area contributed by atoms with Crippen molar-refractivity contribution in [1.29, 1.82) is 0 Å². The van der Waals surface area contributed by atoms with E-state index in [1.165, 1.54) is 48.8 Å². The minimum Gasteiger partial charge on any atom is -0.406 e. The Hall–Kier alpha value is -2.82. The molecule has 2 aromatic carbocycles. The van der Waals surface area contributed by atoms with Gasteiger partial charge in [0.25, 0.3) is 0 Å². The number of benzene rings is 2. The van der Waals surface area contributed by atoms with E-state index in [9.17, 15) is 18.0 Å². The summed E-state index contributed by atoms with van der Waals surface area (Å²) in [6, 6.07) is 12.9. The molecule has 0 saturated carbocycles. The maximum atomic E-state index is 12.3. The summed E-state index contributed by atoms with van der Waals surface area (Å²) < 4.78 is 40.3. The molecule has 0 aromatic heterocycles. The Morgan fingerprint density at radius 2 is 1.67 bits per heavy atom. The fraction of sp³-hybridized carbons (Fsp3) is 0.227. The van der Waals surface area contributed by atoms with Crippen molar-refractivity contribution in [3.05, 3.63) is 77.4 Å². The second-order valence-electron chi connectivity index (χ2n) is 6.37. The Balaban J connectivity index is 1.63. The van der Waals surface area contributed by atoms with Gasteiger partial charge in [0.2, 0.25) is 0 Å². The number of rotatable bonds is 5. The lowest BCUT2D eigenvalue weighted by atomic mass is 9.93. The molecule has 0 unspecified atom stereocenters. The lowest BCUT2D eigenvalue weighted by Crippen LogP contribution is -2.16. The van der Waals surface area contributed by atoms with Crippen LogP contribution in [0.15, 0.2) is 60.7 Å². The number of ether oxygens (including phenoxy) is 1. The van der Waals surface area contributed by atoms with Crippen LogP contribution in [0.3, 0.4) is 0 Å². The first-order valence-corrected chi connectivity index (χ1v) is 8.78. The average molecular weight is 372 g/mol. The van der Waals surface area contributed by atoms with Gasteiger partial charge in [-0.3, -0.25) is 4.79 Å². The highest BCUT2D eigenvalue weighted by Crippen LogP contribution is 2.27. The SMILES string of the molecule is O=C(C=Cc1ccc(OC(F)(F)F)cc1)c1ccc(C2=CCCCC2)cc1. The van der Waals surface area contributed by atoms with Gasteiger partial charge in [-0.1, -0.05) is 48.6 Å². The van der Waals surface area contributed by atoms with Crippen molar-refractivity contribution in [1.82, 2.24) is 0 Å². The molecule has 0 bridgehead atoms. The largest absolute Gasteiger partial charge is 0.573 e. The van der Waals surface area contributed by atoms with E-state index in [2.05, 4.69) is 10.8 Å². The van der Waals surface area contributed by atoms with E-state index >= 15 is 0 Å². The van der Waals surface area contributed by atoms with Crippen molar-refractivity contribution in [2.75, 3.05) is 0 Å². The molecule has 1 aliphatic rings. The molecule has 0 saturated heterocycles. The third kappa shape index (κ3) is 5.58. The van der Waals surface area contributed by atoms with E-state index < -0.39 is 6.36 Å². The Kier molecular flexibility index (Phi) is 5.79. The van der Waals surface area contributed by atoms with E-state index in [0.717, 1.165) is 18.4 Å². The van der Waals surface area contributed by atoms with E-state index in [-0.39, 0.29) is 11.5 Å². The third-order valence-corrected chi connectivity index (χ3v) is 4.37. The molecule has 0 atom stereocenters. The van der Waals surface area contributed by atoms with E-state index in [1.54, 1.807) is 18.2 Å². The fourth-order valence-electron chi connectivity index (χ4n) is 3.00. The van der Waals surface area contributed by atoms with Crippen LogP contribution in [0.25, 0.3) is 11.6 Å². The molecule has 1 aliphatic carbocycles. The standard InChI is InChI=1S/C22H19F3O2/c23-22(24,25)27-20-13-6-16(7-14-20)8-15-21(26)19-11-9-18(10-12-19)17-4-2-1-3-5-17/h4,6-15H,1-3,5H2. The highest BCUT2D eigenvalue weighted by atomic mass is 19.4. The first kappa shape index (κ1) is 19.0. The summed E-state index contributed by atoms with van der Waals surface area (Å²) in [5.74, 6) is -0.451. The molecule has 5 heteroatoms. The van der Waals surface area contributed by atoms with Gasteiger partial charge in [0.15, 0.2) is 5.78 Å². The Bertz CT molecular complexity index is 845. The second-order valence-corrected chi connectivity index (χ2v) is 6.37. The predicted molar refractivity (Wildman–Crippen MR) is 99.4 cm³/mol.